The van der Waals surface area contributed by atoms with Crippen molar-refractivity contribution in [2.75, 3.05) is 26.3 Å². The molecular weight excluding hydrogens is 358 g/mol. The molecule has 1 aliphatic rings. The molecule has 0 bridgehead atoms. The van der Waals surface area contributed by atoms with Gasteiger partial charge in [0.15, 0.2) is 11.3 Å². The number of aromatic hydroxyl groups is 1. The summed E-state index contributed by atoms with van der Waals surface area (Å²) in [5, 5.41) is 9.44. The molecule has 0 spiro atoms. The molecule has 1 atom stereocenters. The zero-order chi connectivity index (χ0) is 17.4. The molecule has 9 heteroatoms. The van der Waals surface area contributed by atoms with Gasteiger partial charge in [-0.3, -0.25) is 14.5 Å². The molecule has 1 unspecified atom stereocenters. The van der Waals surface area contributed by atoms with Crippen LogP contribution in [0.2, 0.25) is 0 Å². The summed E-state index contributed by atoms with van der Waals surface area (Å²) in [4.78, 5) is 26.4. The second-order valence-electron chi connectivity index (χ2n) is 6.05. The Morgan fingerprint density at radius 3 is 2.62 bits per heavy atom. The number of morpholine rings is 1. The first-order chi connectivity index (χ1) is 12.1. The van der Waals surface area contributed by atoms with Crippen LogP contribution in [0.15, 0.2) is 35.3 Å². The molecule has 1 saturated heterocycles. The third-order valence-corrected chi connectivity index (χ3v) is 4.54. The fourth-order valence-corrected chi connectivity index (χ4v) is 3.13. The number of hydrogen-bond donors (Lipinski definition) is 2. The van der Waals surface area contributed by atoms with Crippen LogP contribution in [-0.4, -0.2) is 55.8 Å². The summed E-state index contributed by atoms with van der Waals surface area (Å²) in [5.41, 5.74) is 2.24. The SMILES string of the molecule is CC(N1CCOCC1)n1c(=O)[nH]c2ncc(-c3ccc(O)cc3)nc21.Cl. The molecule has 0 radical (unpaired) electrons. The maximum absolute atomic E-state index is 12.5. The van der Waals surface area contributed by atoms with E-state index in [4.69, 9.17) is 4.74 Å². The summed E-state index contributed by atoms with van der Waals surface area (Å²) in [7, 11) is 0. The van der Waals surface area contributed by atoms with Crippen molar-refractivity contribution in [2.24, 2.45) is 0 Å². The Morgan fingerprint density at radius 1 is 1.23 bits per heavy atom. The number of ether oxygens (including phenoxy) is 1. The average Bonchev–Trinajstić information content (AvgIpc) is 2.97. The highest BCUT2D eigenvalue weighted by Gasteiger charge is 2.23. The van der Waals surface area contributed by atoms with E-state index < -0.39 is 0 Å². The van der Waals surface area contributed by atoms with Gasteiger partial charge >= 0.3 is 5.69 Å². The summed E-state index contributed by atoms with van der Waals surface area (Å²) < 4.78 is 7.02. The number of nitrogens with zero attached hydrogens (tertiary/aromatic N) is 4. The zero-order valence-electron chi connectivity index (χ0n) is 14.3. The standard InChI is InChI=1S/C17H19N5O3.ClH/c1-11(21-6-8-25-9-7-21)22-16-15(20-17(22)24)18-10-14(19-16)12-2-4-13(23)5-3-12;/h2-5,10-11,23H,6-9H2,1H3,(H,18,20,24);1H. The number of phenolic OH excluding ortho intramolecular Hbond substituents is 1. The number of rotatable bonds is 3. The van der Waals surface area contributed by atoms with Gasteiger partial charge in [0.2, 0.25) is 0 Å². The van der Waals surface area contributed by atoms with Crippen LogP contribution < -0.4 is 5.69 Å². The van der Waals surface area contributed by atoms with Gasteiger partial charge in [-0.2, -0.15) is 0 Å². The van der Waals surface area contributed by atoms with Crippen LogP contribution in [0.25, 0.3) is 22.6 Å². The lowest BCUT2D eigenvalue weighted by Gasteiger charge is -2.32. The lowest BCUT2D eigenvalue weighted by molar-refractivity contribution is 0.00378. The fraction of sp³-hybridized carbons (Fsp3) is 0.353. The van der Waals surface area contributed by atoms with Gasteiger partial charge in [-0.05, 0) is 31.2 Å². The second kappa shape index (κ2) is 7.45. The molecule has 26 heavy (non-hydrogen) atoms. The topological polar surface area (TPSA) is 96.3 Å². The average molecular weight is 378 g/mol. The number of benzene rings is 1. The largest absolute Gasteiger partial charge is 0.508 e. The van der Waals surface area contributed by atoms with Crippen molar-refractivity contribution < 1.29 is 9.84 Å². The van der Waals surface area contributed by atoms with E-state index in [1.807, 2.05) is 6.92 Å². The van der Waals surface area contributed by atoms with Crippen molar-refractivity contribution in [1.82, 2.24) is 24.4 Å². The molecule has 4 rings (SSSR count). The Bertz CT molecular complexity index is 947. The zero-order valence-corrected chi connectivity index (χ0v) is 15.1. The smallest absolute Gasteiger partial charge is 0.330 e. The Morgan fingerprint density at radius 2 is 1.92 bits per heavy atom. The number of H-pyrrole nitrogens is 1. The molecule has 1 aliphatic heterocycles. The summed E-state index contributed by atoms with van der Waals surface area (Å²) in [5.74, 6) is 0.192. The Kier molecular flexibility index (Phi) is 5.26. The molecule has 3 aromatic rings. The van der Waals surface area contributed by atoms with Gasteiger partial charge in [-0.15, -0.1) is 12.4 Å². The monoisotopic (exact) mass is 377 g/mol. The van der Waals surface area contributed by atoms with Gasteiger partial charge in [0.25, 0.3) is 0 Å². The Hall–Kier alpha value is -2.42. The number of nitrogens with one attached hydrogen (secondary N) is 1. The number of halogens is 1. The lowest BCUT2D eigenvalue weighted by Crippen LogP contribution is -2.42. The summed E-state index contributed by atoms with van der Waals surface area (Å²) >= 11 is 0. The number of phenols is 1. The van der Waals surface area contributed by atoms with Crippen molar-refractivity contribution in [3.63, 3.8) is 0 Å². The van der Waals surface area contributed by atoms with Crippen LogP contribution >= 0.6 is 12.4 Å². The molecule has 0 aliphatic carbocycles. The van der Waals surface area contributed by atoms with Gasteiger partial charge in [0.1, 0.15) is 5.75 Å². The normalized spacial score (nSPS) is 16.3. The maximum Gasteiger partial charge on any atom is 0.330 e. The number of fused-ring (bicyclic) bond motifs is 1. The van der Waals surface area contributed by atoms with E-state index in [0.29, 0.717) is 30.2 Å². The highest BCUT2D eigenvalue weighted by atomic mass is 35.5. The minimum Gasteiger partial charge on any atom is -0.508 e. The van der Waals surface area contributed by atoms with Gasteiger partial charge in [0, 0.05) is 18.7 Å². The molecule has 138 valence electrons. The quantitative estimate of drug-likeness (QED) is 0.722. The lowest BCUT2D eigenvalue weighted by atomic mass is 10.1. The van der Waals surface area contributed by atoms with E-state index in [1.165, 1.54) is 0 Å². The van der Waals surface area contributed by atoms with Gasteiger partial charge in [0.05, 0.1) is 31.3 Å². The van der Waals surface area contributed by atoms with Gasteiger partial charge < -0.3 is 9.84 Å². The summed E-state index contributed by atoms with van der Waals surface area (Å²) in [6, 6.07) is 6.74. The molecular formula is C17H20ClN5O3. The third-order valence-electron chi connectivity index (χ3n) is 4.54. The first-order valence-electron chi connectivity index (χ1n) is 8.22. The molecule has 1 aromatic carbocycles. The molecule has 0 saturated carbocycles. The number of aromatic nitrogens is 4. The Labute approximate surface area is 155 Å². The van der Waals surface area contributed by atoms with Crippen LogP contribution in [-0.2, 0) is 4.74 Å². The van der Waals surface area contributed by atoms with Crippen molar-refractivity contribution in [3.05, 3.63) is 40.9 Å². The Balaban J connectivity index is 0.00000196. The highest BCUT2D eigenvalue weighted by Crippen LogP contribution is 2.22. The minimum atomic E-state index is -0.225. The molecule has 3 heterocycles. The molecule has 2 N–H and O–H groups in total. The molecule has 8 nitrogen and oxygen atoms in total. The van der Waals surface area contributed by atoms with Crippen molar-refractivity contribution >= 4 is 23.7 Å². The molecule has 0 amide bonds. The van der Waals surface area contributed by atoms with Crippen molar-refractivity contribution in [2.45, 2.75) is 13.1 Å². The molecule has 2 aromatic heterocycles. The van der Waals surface area contributed by atoms with E-state index in [1.54, 1.807) is 35.0 Å². The van der Waals surface area contributed by atoms with Crippen LogP contribution in [0.5, 0.6) is 5.75 Å². The van der Waals surface area contributed by atoms with Crippen LogP contribution in [0.4, 0.5) is 0 Å². The van der Waals surface area contributed by atoms with Gasteiger partial charge in [-0.25, -0.2) is 14.8 Å². The minimum absolute atomic E-state index is 0. The van der Waals surface area contributed by atoms with E-state index >= 15 is 0 Å². The first kappa shape index (κ1) is 18.4. The van der Waals surface area contributed by atoms with E-state index in [-0.39, 0.29) is 30.0 Å². The summed E-state index contributed by atoms with van der Waals surface area (Å²) in [6.45, 7) is 4.84. The van der Waals surface area contributed by atoms with Crippen LogP contribution in [0.3, 0.4) is 0 Å². The second-order valence-corrected chi connectivity index (χ2v) is 6.05. The summed E-state index contributed by atoms with van der Waals surface area (Å²) in [6.07, 6.45) is 1.48. The van der Waals surface area contributed by atoms with Crippen molar-refractivity contribution in [3.8, 4) is 17.0 Å². The maximum atomic E-state index is 12.5. The van der Waals surface area contributed by atoms with E-state index in [2.05, 4.69) is 19.9 Å². The predicted octanol–water partition coefficient (Wildman–Crippen LogP) is 1.76. The highest BCUT2D eigenvalue weighted by molar-refractivity contribution is 5.85. The van der Waals surface area contributed by atoms with Crippen molar-refractivity contribution in [1.29, 1.82) is 0 Å². The number of aromatic amines is 1. The third kappa shape index (κ3) is 3.31. The molecule has 1 fully saturated rings. The number of imidazole rings is 1. The fourth-order valence-electron chi connectivity index (χ4n) is 3.13. The van der Waals surface area contributed by atoms with Crippen LogP contribution in [0.1, 0.15) is 13.1 Å². The number of hydrogen-bond acceptors (Lipinski definition) is 6. The van der Waals surface area contributed by atoms with E-state index in [0.717, 1.165) is 18.7 Å². The van der Waals surface area contributed by atoms with Crippen LogP contribution in [0, 0.1) is 0 Å². The first-order valence-corrected chi connectivity index (χ1v) is 8.22. The van der Waals surface area contributed by atoms with E-state index in [9.17, 15) is 9.90 Å². The predicted molar refractivity (Wildman–Crippen MR) is 99.6 cm³/mol. The van der Waals surface area contributed by atoms with Gasteiger partial charge in [-0.1, -0.05) is 0 Å².